The summed E-state index contributed by atoms with van der Waals surface area (Å²) in [6, 6.07) is 0.0224. The van der Waals surface area contributed by atoms with Crippen LogP contribution in [0.5, 0.6) is 0 Å². The van der Waals surface area contributed by atoms with Crippen LogP contribution in [0.3, 0.4) is 0 Å². The second-order valence-electron chi connectivity index (χ2n) is 2.63. The number of carbonyl (C=O) groups is 1. The summed E-state index contributed by atoms with van der Waals surface area (Å²) in [7, 11) is 1.81. The summed E-state index contributed by atoms with van der Waals surface area (Å²) in [5.41, 5.74) is 0.784. The molecule has 94 valence electrons. The Balaban J connectivity index is -0.000000376. The molecule has 0 fully saturated rings. The van der Waals surface area contributed by atoms with Gasteiger partial charge in [-0.15, -0.1) is 0 Å². The molecular formula is C13H25NO2. The number of aliphatic hydroxyl groups excluding tert-OH is 1. The molecule has 16 heavy (non-hydrogen) atoms. The molecule has 0 aliphatic heterocycles. The van der Waals surface area contributed by atoms with E-state index in [4.69, 9.17) is 4.79 Å². The van der Waals surface area contributed by atoms with Crippen LogP contribution in [0.2, 0.25) is 0 Å². The lowest BCUT2D eigenvalue weighted by Gasteiger charge is -2.18. The first kappa shape index (κ1) is 20.3. The zero-order valence-corrected chi connectivity index (χ0v) is 10.9. The Hall–Kier alpha value is -1.19. The van der Waals surface area contributed by atoms with Crippen molar-refractivity contribution in [3.63, 3.8) is 0 Å². The predicted octanol–water partition coefficient (Wildman–Crippen LogP) is 2.09. The van der Waals surface area contributed by atoms with Gasteiger partial charge in [0.25, 0.3) is 0 Å². The number of hydrogen-bond donors (Lipinski definition) is 2. The van der Waals surface area contributed by atoms with E-state index in [1.54, 1.807) is 18.2 Å². The molecule has 2 N–H and O–H groups in total. The van der Waals surface area contributed by atoms with Crippen LogP contribution >= 0.6 is 0 Å². The van der Waals surface area contributed by atoms with Crippen molar-refractivity contribution < 1.29 is 9.90 Å². The van der Waals surface area contributed by atoms with Gasteiger partial charge in [0, 0.05) is 6.04 Å². The zero-order valence-electron chi connectivity index (χ0n) is 10.9. The van der Waals surface area contributed by atoms with E-state index in [1.165, 1.54) is 0 Å². The molecule has 0 amide bonds. The maximum absolute atomic E-state index is 9.66. The van der Waals surface area contributed by atoms with Crippen molar-refractivity contribution in [1.29, 1.82) is 0 Å². The number of carbonyl (C=O) groups excluding carboxylic acids is 1. The maximum Gasteiger partial charge on any atom is 0.106 e. The fourth-order valence-electron chi connectivity index (χ4n) is 0.870. The first-order chi connectivity index (χ1) is 7.67. The number of nitrogens with one attached hydrogen (secondary N) is 1. The summed E-state index contributed by atoms with van der Waals surface area (Å²) < 4.78 is 0. The largest absolute Gasteiger partial charge is 0.387 e. The molecule has 0 aromatic rings. The number of aliphatic hydroxyl groups is 1. The molecule has 3 nitrogen and oxygen atoms in total. The van der Waals surface area contributed by atoms with Gasteiger partial charge in [0.1, 0.15) is 6.79 Å². The van der Waals surface area contributed by atoms with Crippen molar-refractivity contribution in [2.45, 2.75) is 32.9 Å². The van der Waals surface area contributed by atoms with E-state index in [0.717, 1.165) is 5.57 Å². The summed E-state index contributed by atoms with van der Waals surface area (Å²) in [5, 5.41) is 12.6. The topological polar surface area (TPSA) is 49.3 Å². The molecule has 0 heterocycles. The lowest BCUT2D eigenvalue weighted by atomic mass is 10.0. The van der Waals surface area contributed by atoms with Crippen molar-refractivity contribution in [2.75, 3.05) is 7.05 Å². The van der Waals surface area contributed by atoms with Gasteiger partial charge in [0.15, 0.2) is 0 Å². The van der Waals surface area contributed by atoms with Crippen LogP contribution in [0, 0.1) is 0 Å². The van der Waals surface area contributed by atoms with Crippen LogP contribution in [0.1, 0.15) is 20.8 Å². The Labute approximate surface area is 99.6 Å². The van der Waals surface area contributed by atoms with E-state index in [0.29, 0.717) is 0 Å². The van der Waals surface area contributed by atoms with Crippen LogP contribution in [0.15, 0.2) is 37.0 Å². The average Bonchev–Trinajstić information content (AvgIpc) is 2.38. The number of allylic oxidation sites excluding steroid dienone is 2. The molecule has 0 aliphatic carbocycles. The summed E-state index contributed by atoms with van der Waals surface area (Å²) in [6.07, 6.45) is 4.51. The minimum atomic E-state index is -0.523. The zero-order chi connectivity index (χ0) is 13.6. The smallest absolute Gasteiger partial charge is 0.106 e. The molecule has 3 heteroatoms. The number of hydrogen-bond acceptors (Lipinski definition) is 3. The van der Waals surface area contributed by atoms with E-state index >= 15 is 0 Å². The molecular weight excluding hydrogens is 202 g/mol. The van der Waals surface area contributed by atoms with Crippen LogP contribution in [-0.4, -0.2) is 31.1 Å². The Morgan fingerprint density at radius 3 is 2.00 bits per heavy atom. The molecule has 0 saturated carbocycles. The summed E-state index contributed by atoms with van der Waals surface area (Å²) in [6.45, 7) is 15.1. The predicted molar refractivity (Wildman–Crippen MR) is 71.5 cm³/mol. The number of likely N-dealkylation sites (N-methyl/N-ethyl adjacent to an activating group) is 1. The normalized spacial score (nSPS) is 13.2. The fourth-order valence-corrected chi connectivity index (χ4v) is 0.870. The van der Waals surface area contributed by atoms with Gasteiger partial charge < -0.3 is 15.2 Å². The van der Waals surface area contributed by atoms with E-state index < -0.39 is 6.10 Å². The average molecular weight is 227 g/mol. The van der Waals surface area contributed by atoms with Crippen molar-refractivity contribution in [3.8, 4) is 0 Å². The van der Waals surface area contributed by atoms with E-state index in [2.05, 4.69) is 18.5 Å². The first-order valence-corrected chi connectivity index (χ1v) is 5.26. The Morgan fingerprint density at radius 1 is 1.31 bits per heavy atom. The van der Waals surface area contributed by atoms with Crippen LogP contribution < -0.4 is 5.32 Å². The second-order valence-corrected chi connectivity index (χ2v) is 2.63. The highest BCUT2D eigenvalue weighted by Crippen LogP contribution is 2.07. The van der Waals surface area contributed by atoms with Gasteiger partial charge in [-0.25, -0.2) is 0 Å². The quantitative estimate of drug-likeness (QED) is 0.707. The van der Waals surface area contributed by atoms with Gasteiger partial charge >= 0.3 is 0 Å². The highest BCUT2D eigenvalue weighted by molar-refractivity contribution is 5.26. The van der Waals surface area contributed by atoms with E-state index in [1.807, 2.05) is 34.6 Å². The van der Waals surface area contributed by atoms with Gasteiger partial charge in [-0.2, -0.15) is 0 Å². The SMILES string of the molecule is C=C/C=C(\C=C)C(O)C(C)NC.C=O.CC. The molecule has 0 aromatic carbocycles. The molecule has 0 aromatic heterocycles. The molecule has 0 spiro atoms. The third-order valence-electron chi connectivity index (χ3n) is 1.82. The van der Waals surface area contributed by atoms with Gasteiger partial charge in [-0.1, -0.05) is 45.2 Å². The molecule has 0 saturated heterocycles. The third-order valence-corrected chi connectivity index (χ3v) is 1.82. The minimum absolute atomic E-state index is 0.0224. The monoisotopic (exact) mass is 227 g/mol. The Kier molecular flexibility index (Phi) is 20.6. The first-order valence-electron chi connectivity index (χ1n) is 5.26. The van der Waals surface area contributed by atoms with Gasteiger partial charge in [-0.05, 0) is 19.5 Å². The molecule has 0 radical (unpaired) electrons. The van der Waals surface area contributed by atoms with Gasteiger partial charge in [0.2, 0.25) is 0 Å². The van der Waals surface area contributed by atoms with E-state index in [9.17, 15) is 5.11 Å². The number of rotatable bonds is 5. The standard InChI is InChI=1S/C10H17NO.C2H6.CH2O/c1-5-7-9(6-2)10(12)8(3)11-4;2*1-2/h5-8,10-12H,1-2H2,3-4H3;1-2H3;1H2/b9-7+;;. The molecule has 0 rings (SSSR count). The fraction of sp³-hybridized carbons (Fsp3) is 0.462. The van der Waals surface area contributed by atoms with Crippen molar-refractivity contribution >= 4 is 6.79 Å². The van der Waals surface area contributed by atoms with E-state index in [-0.39, 0.29) is 6.04 Å². The second kappa shape index (κ2) is 16.2. The lowest BCUT2D eigenvalue weighted by molar-refractivity contribution is -0.0979. The summed E-state index contributed by atoms with van der Waals surface area (Å²) >= 11 is 0. The van der Waals surface area contributed by atoms with Crippen LogP contribution in [0.4, 0.5) is 0 Å². The highest BCUT2D eigenvalue weighted by atomic mass is 16.3. The van der Waals surface area contributed by atoms with Crippen LogP contribution in [-0.2, 0) is 4.79 Å². The third kappa shape index (κ3) is 9.37. The minimum Gasteiger partial charge on any atom is -0.387 e. The summed E-state index contributed by atoms with van der Waals surface area (Å²) in [5.74, 6) is 0. The van der Waals surface area contributed by atoms with Gasteiger partial charge in [-0.3, -0.25) is 0 Å². The molecule has 0 bridgehead atoms. The van der Waals surface area contributed by atoms with Crippen molar-refractivity contribution in [3.05, 3.63) is 37.0 Å². The van der Waals surface area contributed by atoms with Crippen molar-refractivity contribution in [1.82, 2.24) is 5.32 Å². The summed E-state index contributed by atoms with van der Waals surface area (Å²) in [4.78, 5) is 8.00. The molecule has 0 aliphatic rings. The highest BCUT2D eigenvalue weighted by Gasteiger charge is 2.13. The Morgan fingerprint density at radius 2 is 1.75 bits per heavy atom. The molecule has 2 unspecified atom stereocenters. The van der Waals surface area contributed by atoms with Gasteiger partial charge in [0.05, 0.1) is 6.10 Å². The molecule has 2 atom stereocenters. The van der Waals surface area contributed by atoms with Crippen LogP contribution in [0.25, 0.3) is 0 Å². The maximum atomic E-state index is 9.66. The Bertz CT molecular complexity index is 200. The lowest BCUT2D eigenvalue weighted by Crippen LogP contribution is -2.35. The van der Waals surface area contributed by atoms with Crippen molar-refractivity contribution in [2.24, 2.45) is 0 Å².